The van der Waals surface area contributed by atoms with Gasteiger partial charge in [0.1, 0.15) is 0 Å². The van der Waals surface area contributed by atoms with E-state index in [1.165, 1.54) is 0 Å². The number of benzene rings is 1. The minimum atomic E-state index is 0.673. The van der Waals surface area contributed by atoms with E-state index in [9.17, 15) is 0 Å². The van der Waals surface area contributed by atoms with Crippen LogP contribution in [0.2, 0.25) is 5.02 Å². The third-order valence-electron chi connectivity index (χ3n) is 2.93. The smallest absolute Gasteiger partial charge is 0.190 e. The van der Waals surface area contributed by atoms with Crippen molar-refractivity contribution < 1.29 is 4.42 Å². The Labute approximate surface area is 131 Å². The van der Waals surface area contributed by atoms with Crippen LogP contribution in [-0.4, -0.2) is 4.57 Å². The van der Waals surface area contributed by atoms with Crippen molar-refractivity contribution in [2.75, 3.05) is 0 Å². The molecule has 3 rings (SSSR count). The number of thiazole rings is 1. The van der Waals surface area contributed by atoms with Crippen molar-refractivity contribution >= 4 is 28.6 Å². The van der Waals surface area contributed by atoms with Crippen LogP contribution in [0.4, 0.5) is 5.69 Å². The van der Waals surface area contributed by atoms with Crippen LogP contribution >= 0.6 is 22.9 Å². The summed E-state index contributed by atoms with van der Waals surface area (Å²) in [5.41, 5.74) is 1.86. The van der Waals surface area contributed by atoms with Gasteiger partial charge in [-0.2, -0.15) is 0 Å². The van der Waals surface area contributed by atoms with Crippen molar-refractivity contribution in [1.29, 1.82) is 0 Å². The van der Waals surface area contributed by atoms with E-state index in [1.807, 2.05) is 47.9 Å². The predicted molar refractivity (Wildman–Crippen MR) is 86.9 cm³/mol. The predicted octanol–water partition coefficient (Wildman–Crippen LogP) is 4.88. The summed E-state index contributed by atoms with van der Waals surface area (Å²) in [5, 5.41) is 2.74. The van der Waals surface area contributed by atoms with Crippen molar-refractivity contribution in [2.45, 2.75) is 6.54 Å². The van der Waals surface area contributed by atoms with Gasteiger partial charge in [0, 0.05) is 16.9 Å². The summed E-state index contributed by atoms with van der Waals surface area (Å²) in [4.78, 5) is 5.56. The van der Waals surface area contributed by atoms with E-state index in [-0.39, 0.29) is 0 Å². The number of hydrogen-bond donors (Lipinski definition) is 0. The third-order valence-corrected chi connectivity index (χ3v) is 4.05. The van der Waals surface area contributed by atoms with Crippen LogP contribution in [-0.2, 0) is 6.54 Å². The van der Waals surface area contributed by atoms with Crippen LogP contribution in [0.25, 0.3) is 11.5 Å². The van der Waals surface area contributed by atoms with Gasteiger partial charge in [-0.1, -0.05) is 17.7 Å². The normalized spacial score (nSPS) is 11.8. The van der Waals surface area contributed by atoms with Crippen molar-refractivity contribution in [3.8, 4) is 11.5 Å². The van der Waals surface area contributed by atoms with Crippen LogP contribution in [0.5, 0.6) is 0 Å². The molecule has 0 unspecified atom stereocenters. The van der Waals surface area contributed by atoms with Crippen LogP contribution in [0.15, 0.2) is 70.1 Å². The van der Waals surface area contributed by atoms with Gasteiger partial charge < -0.3 is 8.98 Å². The lowest BCUT2D eigenvalue weighted by Gasteiger charge is -2.03. The number of hydrogen-bond acceptors (Lipinski definition) is 3. The largest absolute Gasteiger partial charge is 0.463 e. The second-order valence-electron chi connectivity index (χ2n) is 4.37. The van der Waals surface area contributed by atoms with Gasteiger partial charge in [0.15, 0.2) is 10.6 Å². The van der Waals surface area contributed by atoms with E-state index in [1.54, 1.807) is 17.6 Å². The zero-order valence-corrected chi connectivity index (χ0v) is 12.8. The van der Waals surface area contributed by atoms with Crippen LogP contribution < -0.4 is 4.80 Å². The SMILES string of the molecule is C=CCn1c(-c2ccco2)csc1=Nc1ccc(Cl)cc1. The Morgan fingerprint density at radius 3 is 2.76 bits per heavy atom. The Morgan fingerprint density at radius 1 is 1.29 bits per heavy atom. The summed E-state index contributed by atoms with van der Waals surface area (Å²) >= 11 is 7.47. The molecule has 0 N–H and O–H groups in total. The molecule has 3 nitrogen and oxygen atoms in total. The topological polar surface area (TPSA) is 30.4 Å². The highest BCUT2D eigenvalue weighted by molar-refractivity contribution is 7.07. The Balaban J connectivity index is 2.10. The highest BCUT2D eigenvalue weighted by Crippen LogP contribution is 2.21. The van der Waals surface area contributed by atoms with Crippen molar-refractivity contribution in [1.82, 2.24) is 4.57 Å². The van der Waals surface area contributed by atoms with Gasteiger partial charge in [0.05, 0.1) is 17.6 Å². The first-order valence-corrected chi connectivity index (χ1v) is 7.67. The second-order valence-corrected chi connectivity index (χ2v) is 5.64. The van der Waals surface area contributed by atoms with E-state index in [0.717, 1.165) is 21.9 Å². The van der Waals surface area contributed by atoms with E-state index >= 15 is 0 Å². The molecule has 0 saturated heterocycles. The molecule has 5 heteroatoms. The summed E-state index contributed by atoms with van der Waals surface area (Å²) in [6, 6.07) is 11.3. The van der Waals surface area contributed by atoms with Gasteiger partial charge in [-0.05, 0) is 36.4 Å². The highest BCUT2D eigenvalue weighted by Gasteiger charge is 2.09. The Bertz CT molecular complexity index is 798. The lowest BCUT2D eigenvalue weighted by Crippen LogP contribution is -2.14. The number of allylic oxidation sites excluding steroid dienone is 1. The minimum Gasteiger partial charge on any atom is -0.463 e. The monoisotopic (exact) mass is 316 g/mol. The fourth-order valence-corrected chi connectivity index (χ4v) is 3.02. The number of furan rings is 1. The van der Waals surface area contributed by atoms with Gasteiger partial charge >= 0.3 is 0 Å². The minimum absolute atomic E-state index is 0.673. The molecule has 0 atom stereocenters. The molecule has 21 heavy (non-hydrogen) atoms. The van der Waals surface area contributed by atoms with E-state index in [0.29, 0.717) is 11.6 Å². The van der Waals surface area contributed by atoms with E-state index < -0.39 is 0 Å². The molecule has 0 radical (unpaired) electrons. The van der Waals surface area contributed by atoms with Gasteiger partial charge in [-0.15, -0.1) is 17.9 Å². The summed E-state index contributed by atoms with van der Waals surface area (Å²) in [7, 11) is 0. The average Bonchev–Trinajstić information content (AvgIpc) is 3.12. The number of rotatable bonds is 4. The number of nitrogens with zero attached hydrogens (tertiary/aromatic N) is 2. The van der Waals surface area contributed by atoms with E-state index in [2.05, 4.69) is 16.1 Å². The van der Waals surface area contributed by atoms with Crippen LogP contribution in [0.3, 0.4) is 0 Å². The Kier molecular flexibility index (Phi) is 4.08. The molecular formula is C16H13ClN2OS. The maximum Gasteiger partial charge on any atom is 0.190 e. The Morgan fingerprint density at radius 2 is 2.10 bits per heavy atom. The molecule has 0 aliphatic carbocycles. The Hall–Kier alpha value is -2.04. The number of halogens is 1. The third kappa shape index (κ3) is 3.01. The van der Waals surface area contributed by atoms with Crippen molar-refractivity contribution in [2.24, 2.45) is 4.99 Å². The molecule has 1 aromatic carbocycles. The molecular weight excluding hydrogens is 304 g/mol. The highest BCUT2D eigenvalue weighted by atomic mass is 35.5. The summed E-state index contributed by atoms with van der Waals surface area (Å²) in [5.74, 6) is 0.825. The van der Waals surface area contributed by atoms with Gasteiger partial charge in [-0.25, -0.2) is 4.99 Å². The lowest BCUT2D eigenvalue weighted by molar-refractivity contribution is 0.574. The summed E-state index contributed by atoms with van der Waals surface area (Å²) in [6.07, 6.45) is 3.52. The maximum absolute atomic E-state index is 5.90. The summed E-state index contributed by atoms with van der Waals surface area (Å²) in [6.45, 7) is 4.48. The quantitative estimate of drug-likeness (QED) is 0.631. The van der Waals surface area contributed by atoms with E-state index in [4.69, 9.17) is 16.0 Å². The second kappa shape index (κ2) is 6.16. The molecule has 2 heterocycles. The molecule has 0 aliphatic rings. The molecule has 2 aromatic heterocycles. The van der Waals surface area contributed by atoms with Crippen molar-refractivity contribution in [3.63, 3.8) is 0 Å². The first-order valence-electron chi connectivity index (χ1n) is 6.41. The molecule has 0 bridgehead atoms. The van der Waals surface area contributed by atoms with Gasteiger partial charge in [-0.3, -0.25) is 0 Å². The zero-order valence-electron chi connectivity index (χ0n) is 11.2. The molecule has 0 saturated carbocycles. The first kappa shape index (κ1) is 13.9. The molecule has 3 aromatic rings. The van der Waals surface area contributed by atoms with Crippen LogP contribution in [0, 0.1) is 0 Å². The molecule has 0 spiro atoms. The fourth-order valence-electron chi connectivity index (χ4n) is 1.97. The van der Waals surface area contributed by atoms with Crippen LogP contribution in [0.1, 0.15) is 0 Å². The first-order chi connectivity index (χ1) is 10.3. The molecule has 0 fully saturated rings. The maximum atomic E-state index is 5.90. The van der Waals surface area contributed by atoms with Gasteiger partial charge in [0.2, 0.25) is 0 Å². The van der Waals surface area contributed by atoms with Crippen molar-refractivity contribution in [3.05, 3.63) is 70.5 Å². The zero-order chi connectivity index (χ0) is 14.7. The number of aromatic nitrogens is 1. The lowest BCUT2D eigenvalue weighted by atomic mass is 10.3. The standard InChI is InChI=1S/C16H13ClN2OS/c1-2-9-19-14(15-4-3-10-20-15)11-21-16(19)18-13-7-5-12(17)6-8-13/h2-8,10-11H,1,9H2. The summed E-state index contributed by atoms with van der Waals surface area (Å²) < 4.78 is 7.55. The molecule has 0 aliphatic heterocycles. The molecule has 0 amide bonds. The van der Waals surface area contributed by atoms with Gasteiger partial charge in [0.25, 0.3) is 0 Å². The fraction of sp³-hybridized carbons (Fsp3) is 0.0625. The average molecular weight is 317 g/mol. The molecule has 106 valence electrons.